The Morgan fingerprint density at radius 3 is 2.28 bits per heavy atom. The molecule has 4 heterocycles. The van der Waals surface area contributed by atoms with Crippen LogP contribution in [0.15, 0.2) is 72.8 Å². The summed E-state index contributed by atoms with van der Waals surface area (Å²) in [5.74, 6) is -2.41. The molecule has 2 unspecified atom stereocenters. The summed E-state index contributed by atoms with van der Waals surface area (Å²) in [5.41, 5.74) is 4.66. The molecule has 4 aromatic rings. The van der Waals surface area contributed by atoms with Crippen molar-refractivity contribution in [2.75, 3.05) is 4.90 Å². The van der Waals surface area contributed by atoms with E-state index in [-0.39, 0.29) is 24.1 Å². The molecular weight excluding hydrogens is 548 g/mol. The summed E-state index contributed by atoms with van der Waals surface area (Å²) in [6.07, 6.45) is 0.189. The van der Waals surface area contributed by atoms with Gasteiger partial charge in [-0.05, 0) is 40.8 Å². The van der Waals surface area contributed by atoms with Gasteiger partial charge in [-0.1, -0.05) is 68.4 Å². The van der Waals surface area contributed by atoms with Crippen molar-refractivity contribution in [3.05, 3.63) is 101 Å². The Balaban J connectivity index is 1.31. The van der Waals surface area contributed by atoms with Crippen LogP contribution in [0.4, 0.5) is 10.5 Å². The van der Waals surface area contributed by atoms with E-state index in [1.54, 1.807) is 17.0 Å². The second-order valence-corrected chi connectivity index (χ2v) is 11.3. The molecule has 10 nitrogen and oxygen atoms in total. The van der Waals surface area contributed by atoms with Crippen LogP contribution in [0.1, 0.15) is 71.4 Å². The zero-order valence-corrected chi connectivity index (χ0v) is 23.6. The van der Waals surface area contributed by atoms with Gasteiger partial charge in [-0.3, -0.25) is 19.3 Å². The number of para-hydroxylation sites is 2. The molecule has 0 aliphatic carbocycles. The van der Waals surface area contributed by atoms with E-state index in [0.29, 0.717) is 17.4 Å². The minimum atomic E-state index is -1.01. The number of nitrogens with one attached hydrogen (secondary N) is 1. The van der Waals surface area contributed by atoms with Crippen molar-refractivity contribution in [2.45, 2.75) is 51.1 Å². The Bertz CT molecular complexity index is 1830. The Morgan fingerprint density at radius 1 is 0.884 bits per heavy atom. The van der Waals surface area contributed by atoms with Crippen LogP contribution in [0, 0.1) is 0 Å². The number of hydrogen-bond acceptors (Lipinski definition) is 6. The Hall–Kier alpha value is -5.25. The second-order valence-electron chi connectivity index (χ2n) is 11.3. The summed E-state index contributed by atoms with van der Waals surface area (Å²) in [7, 11) is 0. The number of carbonyl (C=O) groups excluding carboxylic acids is 5. The van der Waals surface area contributed by atoms with Crippen molar-refractivity contribution >= 4 is 46.3 Å². The molecule has 1 N–H and O–H groups in total. The molecule has 2 fully saturated rings. The van der Waals surface area contributed by atoms with Gasteiger partial charge in [-0.25, -0.2) is 14.5 Å². The summed E-state index contributed by atoms with van der Waals surface area (Å²) < 4.78 is 0. The Kier molecular flexibility index (Phi) is 6.16. The van der Waals surface area contributed by atoms with Gasteiger partial charge in [-0.15, -0.1) is 5.06 Å². The highest BCUT2D eigenvalue weighted by Crippen LogP contribution is 2.45. The van der Waals surface area contributed by atoms with E-state index in [9.17, 15) is 24.0 Å². The number of imide groups is 2. The van der Waals surface area contributed by atoms with Crippen molar-refractivity contribution < 1.29 is 28.8 Å². The fraction of sp³-hybridized carbons (Fsp3) is 0.242. The molecular formula is C33H28N4O6. The standard InChI is InChI=1S/C33H28N4O6/c1-18(2)19-11-13-20(14-12-19)30-29-23(21-7-3-5-9-24(21)34-29)17-26-31(40)36(33(42)35(26)30)25-10-6-4-8-22(25)32(41)43-37-27(38)15-16-28(37)39/h3-14,18,26,30,34H,15-17H2,1-2H3. The average Bonchev–Trinajstić information content (AvgIpc) is 3.62. The molecule has 2 atom stereocenters. The molecule has 7 rings (SSSR count). The highest BCUT2D eigenvalue weighted by molar-refractivity contribution is 6.24. The van der Waals surface area contributed by atoms with E-state index < -0.39 is 41.8 Å². The highest BCUT2D eigenvalue weighted by atomic mass is 16.7. The van der Waals surface area contributed by atoms with E-state index >= 15 is 0 Å². The largest absolute Gasteiger partial charge is 0.366 e. The normalized spacial score (nSPS) is 19.9. The maximum Gasteiger partial charge on any atom is 0.366 e. The lowest BCUT2D eigenvalue weighted by molar-refractivity contribution is -0.172. The molecule has 2 saturated heterocycles. The van der Waals surface area contributed by atoms with Crippen molar-refractivity contribution in [1.29, 1.82) is 0 Å². The molecule has 0 spiro atoms. The summed E-state index contributed by atoms with van der Waals surface area (Å²) in [4.78, 5) is 77.1. The minimum Gasteiger partial charge on any atom is -0.356 e. The van der Waals surface area contributed by atoms with Gasteiger partial charge in [0.25, 0.3) is 17.7 Å². The van der Waals surface area contributed by atoms with Crippen molar-refractivity contribution in [1.82, 2.24) is 14.9 Å². The Labute approximate surface area is 246 Å². The third-order valence-corrected chi connectivity index (χ3v) is 8.51. The van der Waals surface area contributed by atoms with Crippen molar-refractivity contribution in [3.8, 4) is 0 Å². The minimum absolute atomic E-state index is 0.0263. The topological polar surface area (TPSA) is 120 Å². The quantitative estimate of drug-likeness (QED) is 0.264. The number of nitrogens with zero attached hydrogens (tertiary/aromatic N) is 3. The fourth-order valence-electron chi connectivity index (χ4n) is 6.34. The van der Waals surface area contributed by atoms with E-state index in [1.165, 1.54) is 12.1 Å². The van der Waals surface area contributed by atoms with E-state index in [1.807, 2.05) is 48.5 Å². The average molecular weight is 577 g/mol. The molecule has 0 bridgehead atoms. The second kappa shape index (κ2) is 9.94. The molecule has 3 aromatic carbocycles. The smallest absolute Gasteiger partial charge is 0.356 e. The monoisotopic (exact) mass is 576 g/mol. The van der Waals surface area contributed by atoms with Crippen LogP contribution in [-0.2, 0) is 25.6 Å². The number of hydroxylamine groups is 2. The summed E-state index contributed by atoms with van der Waals surface area (Å²) in [5, 5.41) is 1.44. The molecule has 216 valence electrons. The zero-order valence-electron chi connectivity index (χ0n) is 23.6. The first-order valence-corrected chi connectivity index (χ1v) is 14.3. The fourth-order valence-corrected chi connectivity index (χ4v) is 6.34. The zero-order chi connectivity index (χ0) is 30.0. The molecule has 0 saturated carbocycles. The maximum atomic E-state index is 14.3. The van der Waals surface area contributed by atoms with Gasteiger partial charge in [-0.2, -0.15) is 0 Å². The van der Waals surface area contributed by atoms with Crippen molar-refractivity contribution in [2.24, 2.45) is 0 Å². The third-order valence-electron chi connectivity index (χ3n) is 8.51. The summed E-state index contributed by atoms with van der Waals surface area (Å²) in [6.45, 7) is 4.22. The number of H-pyrrole nitrogens is 1. The van der Waals surface area contributed by atoms with Crippen LogP contribution in [0.5, 0.6) is 0 Å². The SMILES string of the molecule is CC(C)c1ccc(C2c3[nH]c4ccccc4c3CC3C(=O)N(c4ccccc4C(=O)ON4C(=O)CCC4=O)C(=O)N32)cc1. The van der Waals surface area contributed by atoms with Gasteiger partial charge < -0.3 is 9.82 Å². The number of amides is 5. The lowest BCUT2D eigenvalue weighted by Crippen LogP contribution is -2.44. The number of benzene rings is 3. The highest BCUT2D eigenvalue weighted by Gasteiger charge is 2.53. The molecule has 3 aliphatic heterocycles. The molecule has 5 amide bonds. The first-order chi connectivity index (χ1) is 20.7. The number of anilines is 1. The van der Waals surface area contributed by atoms with Gasteiger partial charge in [0.2, 0.25) is 0 Å². The van der Waals surface area contributed by atoms with E-state index in [0.717, 1.165) is 38.2 Å². The Morgan fingerprint density at radius 2 is 1.56 bits per heavy atom. The van der Waals surface area contributed by atoms with Gasteiger partial charge in [0.15, 0.2) is 0 Å². The predicted molar refractivity (Wildman–Crippen MR) is 156 cm³/mol. The van der Waals surface area contributed by atoms with Crippen LogP contribution in [0.25, 0.3) is 10.9 Å². The van der Waals surface area contributed by atoms with Crippen LogP contribution >= 0.6 is 0 Å². The van der Waals surface area contributed by atoms with Gasteiger partial charge in [0.1, 0.15) is 12.1 Å². The molecule has 10 heteroatoms. The third kappa shape index (κ3) is 4.12. The number of aromatic amines is 1. The summed E-state index contributed by atoms with van der Waals surface area (Å²) in [6, 6.07) is 20.0. The number of fused-ring (bicyclic) bond motifs is 4. The van der Waals surface area contributed by atoms with Gasteiger partial charge in [0.05, 0.1) is 11.3 Å². The van der Waals surface area contributed by atoms with E-state index in [2.05, 4.69) is 18.8 Å². The van der Waals surface area contributed by atoms with Crippen LogP contribution in [-0.4, -0.2) is 50.7 Å². The van der Waals surface area contributed by atoms with Crippen LogP contribution < -0.4 is 4.90 Å². The molecule has 3 aliphatic rings. The molecule has 43 heavy (non-hydrogen) atoms. The molecule has 1 aromatic heterocycles. The lowest BCUT2D eigenvalue weighted by atomic mass is 9.88. The number of hydrogen-bond donors (Lipinski definition) is 1. The number of carbonyl (C=O) groups is 5. The van der Waals surface area contributed by atoms with Gasteiger partial charge in [0, 0.05) is 35.9 Å². The van der Waals surface area contributed by atoms with Crippen LogP contribution in [0.2, 0.25) is 0 Å². The first kappa shape index (κ1) is 26.6. The predicted octanol–water partition coefficient (Wildman–Crippen LogP) is 5.00. The van der Waals surface area contributed by atoms with Crippen LogP contribution in [0.3, 0.4) is 0 Å². The number of aromatic nitrogens is 1. The maximum absolute atomic E-state index is 14.3. The molecule has 0 radical (unpaired) electrons. The lowest BCUT2D eigenvalue weighted by Gasteiger charge is -2.36. The summed E-state index contributed by atoms with van der Waals surface area (Å²) >= 11 is 0. The first-order valence-electron chi connectivity index (χ1n) is 14.3. The van der Waals surface area contributed by atoms with E-state index in [4.69, 9.17) is 4.84 Å². The van der Waals surface area contributed by atoms with Crippen molar-refractivity contribution in [3.63, 3.8) is 0 Å². The number of urea groups is 1. The van der Waals surface area contributed by atoms with Gasteiger partial charge >= 0.3 is 12.0 Å². The number of rotatable bonds is 5.